The zero-order valence-electron chi connectivity index (χ0n) is 31.5. The zero-order chi connectivity index (χ0) is 37.8. The molecule has 14 heteroatoms. The Kier molecular flexibility index (Phi) is 10.2. The summed E-state index contributed by atoms with van der Waals surface area (Å²) in [5, 5.41) is 0.708. The lowest BCUT2D eigenvalue weighted by Gasteiger charge is -2.46. The quantitative estimate of drug-likeness (QED) is 0.416. The molecule has 1 spiro atoms. The number of aryl methyl sites for hydroxylation is 1. The topological polar surface area (TPSA) is 121 Å². The first-order valence-electron chi connectivity index (χ1n) is 19.4. The van der Waals surface area contributed by atoms with Crippen LogP contribution in [0.4, 0.5) is 10.5 Å². The van der Waals surface area contributed by atoms with Crippen LogP contribution < -0.4 is 14.4 Å². The van der Waals surface area contributed by atoms with E-state index in [0.717, 1.165) is 51.8 Å². The number of nitrogens with zero attached hydrogens (tertiary/aromatic N) is 4. The lowest BCUT2D eigenvalue weighted by molar-refractivity contribution is -0.128. The predicted molar refractivity (Wildman–Crippen MR) is 206 cm³/mol. The molecule has 3 fully saturated rings. The Bertz CT molecular complexity index is 1930. The first-order valence-corrected chi connectivity index (χ1v) is 21.2. The number of nitrogens with one attached hydrogen (secondary N) is 1. The van der Waals surface area contributed by atoms with Crippen molar-refractivity contribution >= 4 is 39.3 Å². The third-order valence-corrected chi connectivity index (χ3v) is 14.6. The molecule has 12 nitrogen and oxygen atoms in total. The van der Waals surface area contributed by atoms with E-state index in [1.807, 2.05) is 23.1 Å². The molecule has 2 saturated heterocycles. The van der Waals surface area contributed by atoms with Gasteiger partial charge in [0.25, 0.3) is 15.9 Å². The van der Waals surface area contributed by atoms with Crippen molar-refractivity contribution in [3.8, 4) is 5.75 Å². The number of carbonyl (C=O) groups is 2. The van der Waals surface area contributed by atoms with Crippen molar-refractivity contribution in [2.24, 2.45) is 11.8 Å². The smallest absolute Gasteiger partial charge is 0.410 e. The molecule has 2 aromatic carbocycles. The van der Waals surface area contributed by atoms with E-state index in [2.05, 4.69) is 26.7 Å². The van der Waals surface area contributed by atoms with Gasteiger partial charge in [-0.15, -0.1) is 0 Å². The second kappa shape index (κ2) is 14.6. The Labute approximate surface area is 323 Å². The van der Waals surface area contributed by atoms with E-state index in [-0.39, 0.29) is 34.3 Å². The summed E-state index contributed by atoms with van der Waals surface area (Å²) in [7, 11) is -2.44. The number of carbonyl (C=O) groups excluding carboxylic acids is 2. The number of hydrogen-bond acceptors (Lipinski definition) is 10. The maximum Gasteiger partial charge on any atom is 0.410 e. The number of halogens is 1. The summed E-state index contributed by atoms with van der Waals surface area (Å²) >= 11 is 6.47. The average molecular weight is 782 g/mol. The molecule has 2 aliphatic carbocycles. The molecule has 4 aliphatic heterocycles. The largest absolute Gasteiger partial charge is 0.490 e. The monoisotopic (exact) mass is 781 g/mol. The summed E-state index contributed by atoms with van der Waals surface area (Å²) < 4.78 is 48.8. The van der Waals surface area contributed by atoms with Crippen LogP contribution in [0.5, 0.6) is 5.75 Å². The first kappa shape index (κ1) is 37.6. The van der Waals surface area contributed by atoms with Gasteiger partial charge < -0.3 is 24.0 Å². The number of likely N-dealkylation sites (N-methyl/N-ethyl adjacent to an activating group) is 1. The number of ether oxygens (including phenoxy) is 3. The number of fused-ring (bicyclic) bond motifs is 5. The fraction of sp³-hybridized carbons (Fsp3) is 0.600. The summed E-state index contributed by atoms with van der Waals surface area (Å²) in [6.07, 6.45) is 7.77. The number of piperazine rings is 1. The average Bonchev–Trinajstić information content (AvgIpc) is 3.29. The fourth-order valence-corrected chi connectivity index (χ4v) is 10.6. The van der Waals surface area contributed by atoms with Crippen LogP contribution in [0.25, 0.3) is 0 Å². The van der Waals surface area contributed by atoms with Crippen molar-refractivity contribution in [1.82, 2.24) is 19.4 Å². The van der Waals surface area contributed by atoms with Gasteiger partial charge in [0, 0.05) is 62.2 Å². The molecule has 6 aliphatic rings. The van der Waals surface area contributed by atoms with Crippen LogP contribution in [0.3, 0.4) is 0 Å². The number of morpholine rings is 1. The molecule has 1 saturated carbocycles. The Morgan fingerprint density at radius 1 is 1.07 bits per heavy atom. The van der Waals surface area contributed by atoms with Crippen molar-refractivity contribution in [2.75, 3.05) is 77.6 Å². The van der Waals surface area contributed by atoms with E-state index in [4.69, 9.17) is 25.8 Å². The third kappa shape index (κ3) is 7.11. The van der Waals surface area contributed by atoms with E-state index in [1.165, 1.54) is 17.2 Å². The summed E-state index contributed by atoms with van der Waals surface area (Å²) in [5.74, 6) is 0.170. The molecule has 2 bridgehead atoms. The third-order valence-electron chi connectivity index (χ3n) is 13.0. The van der Waals surface area contributed by atoms with E-state index < -0.39 is 27.6 Å². The van der Waals surface area contributed by atoms with Gasteiger partial charge >= 0.3 is 6.09 Å². The van der Waals surface area contributed by atoms with Crippen LogP contribution in [-0.2, 0) is 36.1 Å². The molecule has 2 aromatic rings. The Morgan fingerprint density at radius 2 is 1.93 bits per heavy atom. The van der Waals surface area contributed by atoms with Crippen LogP contribution in [-0.4, -0.2) is 125 Å². The van der Waals surface area contributed by atoms with Gasteiger partial charge in [0.1, 0.15) is 11.9 Å². The molecule has 0 aromatic heterocycles. The highest BCUT2D eigenvalue weighted by molar-refractivity contribution is 7.90. The first-order chi connectivity index (χ1) is 25.8. The summed E-state index contributed by atoms with van der Waals surface area (Å²) in [6, 6.07) is 11.2. The number of rotatable bonds is 1. The van der Waals surface area contributed by atoms with Gasteiger partial charge in [0.15, 0.2) is 0 Å². The number of amides is 2. The lowest BCUT2D eigenvalue weighted by Crippen LogP contribution is -2.59. The highest BCUT2D eigenvalue weighted by atomic mass is 35.5. The van der Waals surface area contributed by atoms with E-state index in [0.29, 0.717) is 62.4 Å². The van der Waals surface area contributed by atoms with Crippen LogP contribution >= 0.6 is 11.6 Å². The number of hydrogen-bond donors (Lipinski definition) is 1. The van der Waals surface area contributed by atoms with Gasteiger partial charge in [-0.2, -0.15) is 0 Å². The van der Waals surface area contributed by atoms with Crippen molar-refractivity contribution in [3.05, 3.63) is 64.7 Å². The molecule has 8 rings (SSSR count). The van der Waals surface area contributed by atoms with Crippen LogP contribution in [0.1, 0.15) is 50.7 Å². The summed E-state index contributed by atoms with van der Waals surface area (Å²) in [4.78, 5) is 35.8. The van der Waals surface area contributed by atoms with Crippen molar-refractivity contribution in [1.29, 1.82) is 0 Å². The van der Waals surface area contributed by atoms with Crippen molar-refractivity contribution in [2.45, 2.75) is 73.9 Å². The minimum absolute atomic E-state index is 0.000785. The zero-order valence-corrected chi connectivity index (χ0v) is 33.0. The van der Waals surface area contributed by atoms with Crippen molar-refractivity contribution in [3.63, 3.8) is 0 Å². The van der Waals surface area contributed by atoms with Gasteiger partial charge in [-0.1, -0.05) is 23.7 Å². The minimum atomic E-state index is -4.22. The molecule has 0 unspecified atom stereocenters. The van der Waals surface area contributed by atoms with E-state index in [1.54, 1.807) is 37.9 Å². The van der Waals surface area contributed by atoms with E-state index >= 15 is 0 Å². The predicted octanol–water partition coefficient (Wildman–Crippen LogP) is 4.45. The molecule has 54 heavy (non-hydrogen) atoms. The Morgan fingerprint density at radius 3 is 2.74 bits per heavy atom. The minimum Gasteiger partial charge on any atom is -0.490 e. The summed E-state index contributed by atoms with van der Waals surface area (Å²) in [6.45, 7) is 9.58. The number of anilines is 1. The maximum atomic E-state index is 13.9. The second-order valence-corrected chi connectivity index (χ2v) is 18.7. The van der Waals surface area contributed by atoms with Gasteiger partial charge in [-0.25, -0.2) is 17.9 Å². The van der Waals surface area contributed by atoms with Gasteiger partial charge in [-0.05, 0) is 106 Å². The number of sulfonamides is 1. The summed E-state index contributed by atoms with van der Waals surface area (Å²) in [5.41, 5.74) is 1.58. The molecule has 5 atom stereocenters. The maximum absolute atomic E-state index is 13.9. The fourth-order valence-electron chi connectivity index (χ4n) is 9.23. The lowest BCUT2D eigenvalue weighted by atomic mass is 9.68. The second-order valence-electron chi connectivity index (χ2n) is 16.6. The molecular weight excluding hydrogens is 730 g/mol. The van der Waals surface area contributed by atoms with Gasteiger partial charge in [0.2, 0.25) is 0 Å². The Hall–Kier alpha value is -3.36. The molecule has 0 radical (unpaired) electrons. The Balaban J connectivity index is 1.15. The SMILES string of the molecule is CN1C/C=C/[C@H](OC(=O)N2CCN3CCOC[C@@H]3C2)[C@@H]2CC[C@H]2CN2C[C@@]3(CCCc4cc(Cl)ccc43)COc3ccc(cc32)S(=O)(=O)NC(=O)C1(C)C. The van der Waals surface area contributed by atoms with Crippen LogP contribution in [0.15, 0.2) is 53.4 Å². The molecule has 2 amide bonds. The highest BCUT2D eigenvalue weighted by Crippen LogP contribution is 2.47. The standard InChI is InChI=1S/C40H52ClN5O7S/c1-39(2)37(47)42-54(49,50)31-10-13-36-34(21-31)46(25-40(26-52-36)14-4-6-27-20-29(41)9-12-33(27)40)22-28-8-11-32(28)35(7-5-15-43(39)3)53-38(48)45-17-16-44-18-19-51-24-30(44)23-45/h5,7,9-10,12-13,20-21,28,30,32,35H,4,6,8,11,14-19,22-26H2,1-3H3,(H,42,47)/b7-5+/t28-,30-,32+,35-,40-/m0/s1. The van der Waals surface area contributed by atoms with Gasteiger partial charge in [0.05, 0.1) is 42.0 Å². The molecule has 4 heterocycles. The van der Waals surface area contributed by atoms with Crippen LogP contribution in [0.2, 0.25) is 5.02 Å². The number of benzene rings is 2. The molecule has 292 valence electrons. The van der Waals surface area contributed by atoms with Crippen molar-refractivity contribution < 1.29 is 32.2 Å². The molecule has 1 N–H and O–H groups in total. The van der Waals surface area contributed by atoms with Gasteiger partial charge in [-0.3, -0.25) is 14.6 Å². The molecular formula is C40H52ClN5O7S. The normalized spacial score (nSPS) is 31.7. The van der Waals surface area contributed by atoms with E-state index in [9.17, 15) is 18.0 Å². The highest BCUT2D eigenvalue weighted by Gasteiger charge is 2.46. The van der Waals surface area contributed by atoms with Crippen LogP contribution in [0, 0.1) is 11.8 Å².